The van der Waals surface area contributed by atoms with Gasteiger partial charge in [-0.05, 0) is 0 Å². The molecular weight excluding hydrogens is 182 g/mol. The molecule has 0 heterocycles. The molecule has 0 fully saturated rings. The number of carbonyl (C=O) groups excluding carboxylic acids is 1. The van der Waals surface area contributed by atoms with Gasteiger partial charge in [-0.3, -0.25) is 4.79 Å². The van der Waals surface area contributed by atoms with Crippen molar-refractivity contribution in [3.8, 4) is 11.5 Å². The summed E-state index contributed by atoms with van der Waals surface area (Å²) in [6.07, 6.45) is 0. The quantitative estimate of drug-likeness (QED) is 0.537. The Balaban J connectivity index is 3.13. The zero-order chi connectivity index (χ0) is 10.0. The summed E-state index contributed by atoms with van der Waals surface area (Å²) in [5.41, 5.74) is 0. The van der Waals surface area contributed by atoms with Crippen molar-refractivity contribution in [3.05, 3.63) is 23.8 Å². The van der Waals surface area contributed by atoms with Crippen molar-refractivity contribution < 1.29 is 23.4 Å². The van der Waals surface area contributed by atoms with Crippen molar-refractivity contribution in [1.82, 2.24) is 0 Å². The zero-order valence-electron chi connectivity index (χ0n) is 6.67. The summed E-state index contributed by atoms with van der Waals surface area (Å²) in [6.45, 7) is 1.02. The highest BCUT2D eigenvalue weighted by Crippen LogP contribution is 2.26. The van der Waals surface area contributed by atoms with Crippen LogP contribution in [-0.2, 0) is 4.79 Å². The lowest BCUT2D eigenvalue weighted by atomic mass is 10.3. The number of carbonyl (C=O) groups is 1. The topological polar surface area (TPSA) is 46.5 Å². The van der Waals surface area contributed by atoms with E-state index in [1.807, 2.05) is 0 Å². The molecule has 1 rings (SSSR count). The first-order valence-corrected chi connectivity index (χ1v) is 3.37. The maximum atomic E-state index is 12.8. The van der Waals surface area contributed by atoms with Crippen LogP contribution < -0.4 is 4.74 Å². The molecule has 0 aliphatic rings. The average Bonchev–Trinajstić information content (AvgIpc) is 1.96. The molecule has 0 amide bonds. The maximum Gasteiger partial charge on any atom is 0.308 e. The summed E-state index contributed by atoms with van der Waals surface area (Å²) in [5, 5.41) is 8.73. The molecule has 0 atom stereocenters. The van der Waals surface area contributed by atoms with Gasteiger partial charge in [0, 0.05) is 19.1 Å². The molecule has 0 unspecified atom stereocenters. The van der Waals surface area contributed by atoms with Crippen molar-refractivity contribution in [3.63, 3.8) is 0 Å². The van der Waals surface area contributed by atoms with Gasteiger partial charge in [0.05, 0.1) is 0 Å². The summed E-state index contributed by atoms with van der Waals surface area (Å²) in [6, 6.07) is 1.31. The Labute approximate surface area is 72.6 Å². The smallest absolute Gasteiger partial charge is 0.308 e. The molecule has 0 saturated heterocycles. The first kappa shape index (κ1) is 9.44. The number of benzene rings is 1. The number of hydrogen-bond donors (Lipinski definition) is 1. The van der Waals surface area contributed by atoms with Gasteiger partial charge in [0.25, 0.3) is 0 Å². The normalized spacial score (nSPS) is 9.77. The average molecular weight is 188 g/mol. The Hall–Kier alpha value is -1.65. The largest absolute Gasteiger partial charge is 0.508 e. The van der Waals surface area contributed by atoms with E-state index in [1.165, 1.54) is 0 Å². The lowest BCUT2D eigenvalue weighted by molar-refractivity contribution is -0.132. The van der Waals surface area contributed by atoms with E-state index < -0.39 is 29.1 Å². The number of ether oxygens (including phenoxy) is 1. The van der Waals surface area contributed by atoms with Crippen LogP contribution in [0, 0.1) is 11.6 Å². The molecule has 0 radical (unpaired) electrons. The van der Waals surface area contributed by atoms with Gasteiger partial charge < -0.3 is 9.84 Å². The molecule has 1 N–H and O–H groups in total. The van der Waals surface area contributed by atoms with Crippen LogP contribution in [0.4, 0.5) is 8.78 Å². The number of rotatable bonds is 1. The molecule has 0 bridgehead atoms. The Morgan fingerprint density at radius 2 is 1.85 bits per heavy atom. The van der Waals surface area contributed by atoms with E-state index in [1.54, 1.807) is 0 Å². The van der Waals surface area contributed by atoms with Gasteiger partial charge in [0.1, 0.15) is 5.75 Å². The van der Waals surface area contributed by atoms with Gasteiger partial charge in [-0.25, -0.2) is 8.78 Å². The van der Waals surface area contributed by atoms with Gasteiger partial charge in [-0.1, -0.05) is 0 Å². The first-order valence-electron chi connectivity index (χ1n) is 3.37. The van der Waals surface area contributed by atoms with Crippen LogP contribution in [0.1, 0.15) is 6.92 Å². The predicted molar refractivity (Wildman–Crippen MR) is 39.3 cm³/mol. The van der Waals surface area contributed by atoms with E-state index in [9.17, 15) is 13.6 Å². The number of hydrogen-bond acceptors (Lipinski definition) is 3. The molecule has 3 nitrogen and oxygen atoms in total. The minimum absolute atomic E-state index is 0.564. The number of phenolic OH excluding ortho intramolecular Hbond substituents is 1. The Morgan fingerprint density at radius 1 is 1.38 bits per heavy atom. The van der Waals surface area contributed by atoms with E-state index in [0.717, 1.165) is 6.92 Å². The minimum Gasteiger partial charge on any atom is -0.508 e. The van der Waals surface area contributed by atoms with Gasteiger partial charge in [0.2, 0.25) is 5.75 Å². The monoisotopic (exact) mass is 188 g/mol. The lowest BCUT2D eigenvalue weighted by Crippen LogP contribution is -2.05. The van der Waals surface area contributed by atoms with E-state index in [-0.39, 0.29) is 0 Å². The van der Waals surface area contributed by atoms with Crippen molar-refractivity contribution in [2.45, 2.75) is 6.92 Å². The third-order valence-electron chi connectivity index (χ3n) is 1.23. The fraction of sp³-hybridized carbons (Fsp3) is 0.125. The standard InChI is InChI=1S/C8H6F2O3/c1-4(11)13-8-6(9)2-5(12)3-7(8)10/h2-3,12H,1H3. The fourth-order valence-corrected chi connectivity index (χ4v) is 0.788. The van der Waals surface area contributed by atoms with Crippen LogP contribution >= 0.6 is 0 Å². The highest BCUT2D eigenvalue weighted by molar-refractivity contribution is 5.69. The molecule has 1 aromatic carbocycles. The van der Waals surface area contributed by atoms with Crippen LogP contribution in [0.15, 0.2) is 12.1 Å². The number of phenols is 1. The Kier molecular flexibility index (Phi) is 2.46. The number of esters is 1. The first-order chi connectivity index (χ1) is 6.00. The third-order valence-corrected chi connectivity index (χ3v) is 1.23. The van der Waals surface area contributed by atoms with Gasteiger partial charge >= 0.3 is 5.97 Å². The van der Waals surface area contributed by atoms with Crippen LogP contribution in [0.3, 0.4) is 0 Å². The Bertz CT molecular complexity index is 326. The van der Waals surface area contributed by atoms with Crippen molar-refractivity contribution in [2.75, 3.05) is 0 Å². The SMILES string of the molecule is CC(=O)Oc1c(F)cc(O)cc1F. The van der Waals surface area contributed by atoms with E-state index in [4.69, 9.17) is 5.11 Å². The predicted octanol–water partition coefficient (Wildman–Crippen LogP) is 1.60. The lowest BCUT2D eigenvalue weighted by Gasteiger charge is -2.03. The highest BCUT2D eigenvalue weighted by atomic mass is 19.1. The molecule has 1 aromatic rings. The second kappa shape index (κ2) is 3.38. The summed E-state index contributed by atoms with van der Waals surface area (Å²) < 4.78 is 29.8. The van der Waals surface area contributed by atoms with Gasteiger partial charge in [-0.15, -0.1) is 0 Å². The zero-order valence-corrected chi connectivity index (χ0v) is 6.67. The Morgan fingerprint density at radius 3 is 2.23 bits per heavy atom. The van der Waals surface area contributed by atoms with Crippen LogP contribution in [0.25, 0.3) is 0 Å². The summed E-state index contributed by atoms with van der Waals surface area (Å²) >= 11 is 0. The second-order valence-corrected chi connectivity index (χ2v) is 2.33. The molecular formula is C8H6F2O3. The van der Waals surface area contributed by atoms with Crippen molar-refractivity contribution in [1.29, 1.82) is 0 Å². The number of aromatic hydroxyl groups is 1. The van der Waals surface area contributed by atoms with Crippen molar-refractivity contribution >= 4 is 5.97 Å². The number of halogens is 2. The van der Waals surface area contributed by atoms with Gasteiger partial charge in [-0.2, -0.15) is 0 Å². The molecule has 70 valence electrons. The highest BCUT2D eigenvalue weighted by Gasteiger charge is 2.13. The van der Waals surface area contributed by atoms with Crippen LogP contribution in [-0.4, -0.2) is 11.1 Å². The molecule has 0 spiro atoms. The van der Waals surface area contributed by atoms with Crippen LogP contribution in [0.2, 0.25) is 0 Å². The molecule has 0 saturated carbocycles. The maximum absolute atomic E-state index is 12.8. The third kappa shape index (κ3) is 2.14. The van der Waals surface area contributed by atoms with E-state index in [0.29, 0.717) is 12.1 Å². The van der Waals surface area contributed by atoms with Crippen LogP contribution in [0.5, 0.6) is 11.5 Å². The van der Waals surface area contributed by atoms with Gasteiger partial charge in [0.15, 0.2) is 11.6 Å². The summed E-state index contributed by atoms with van der Waals surface area (Å²) in [4.78, 5) is 10.4. The molecule has 5 heteroatoms. The molecule has 0 aliphatic carbocycles. The molecule has 0 aromatic heterocycles. The van der Waals surface area contributed by atoms with E-state index in [2.05, 4.69) is 4.74 Å². The second-order valence-electron chi connectivity index (χ2n) is 2.33. The van der Waals surface area contributed by atoms with Crippen molar-refractivity contribution in [2.24, 2.45) is 0 Å². The summed E-state index contributed by atoms with van der Waals surface area (Å²) in [5.74, 6) is -4.43. The minimum atomic E-state index is -1.12. The molecule has 13 heavy (non-hydrogen) atoms. The summed E-state index contributed by atoms with van der Waals surface area (Å²) in [7, 11) is 0. The fourth-order valence-electron chi connectivity index (χ4n) is 0.788. The molecule has 0 aliphatic heterocycles. The van der Waals surface area contributed by atoms with E-state index >= 15 is 0 Å².